The van der Waals surface area contributed by atoms with Crippen LogP contribution in [0.25, 0.3) is 5.69 Å². The number of ether oxygens (including phenoxy) is 1. The maximum absolute atomic E-state index is 11.1. The van der Waals surface area contributed by atoms with Crippen molar-refractivity contribution < 1.29 is 9.53 Å². The van der Waals surface area contributed by atoms with Gasteiger partial charge < -0.3 is 4.74 Å². The fourth-order valence-corrected chi connectivity index (χ4v) is 2.72. The number of nitrogens with zero attached hydrogens (tertiary/aromatic N) is 3. The first-order valence-electron chi connectivity index (χ1n) is 8.47. The summed E-state index contributed by atoms with van der Waals surface area (Å²) in [5, 5.41) is 8.13. The topological polar surface area (TPSA) is 57.0 Å². The predicted octanol–water partition coefficient (Wildman–Crippen LogP) is 3.92. The summed E-state index contributed by atoms with van der Waals surface area (Å²) in [7, 11) is 0. The maximum Gasteiger partial charge on any atom is 0.172 e. The number of aromatic nitrogens is 3. The van der Waals surface area contributed by atoms with E-state index < -0.39 is 0 Å². The van der Waals surface area contributed by atoms with E-state index in [1.165, 1.54) is 19.3 Å². The number of carbonyl (C=O) groups is 1. The Kier molecular flexibility index (Phi) is 5.05. The number of rotatable bonds is 9. The average molecular weight is 313 g/mol. The van der Waals surface area contributed by atoms with Gasteiger partial charge in [0, 0.05) is 5.92 Å². The molecule has 1 aromatic carbocycles. The quantitative estimate of drug-likeness (QED) is 0.520. The number of hydrogen-bond donors (Lipinski definition) is 0. The summed E-state index contributed by atoms with van der Waals surface area (Å²) in [6.45, 7) is 2.96. The van der Waals surface area contributed by atoms with Gasteiger partial charge in [-0.25, -0.2) is 4.68 Å². The summed E-state index contributed by atoms with van der Waals surface area (Å²) in [4.78, 5) is 11.1. The van der Waals surface area contributed by atoms with E-state index >= 15 is 0 Å². The molecule has 0 amide bonds. The highest BCUT2D eigenvalue weighted by Crippen LogP contribution is 2.41. The molecule has 2 aromatic rings. The molecule has 5 heteroatoms. The average Bonchev–Trinajstić information content (AvgIpc) is 3.34. The fourth-order valence-electron chi connectivity index (χ4n) is 2.72. The molecule has 0 saturated heterocycles. The second kappa shape index (κ2) is 7.40. The standard InChI is InChI=1S/C18H23N3O2/c1-2-3-4-5-12-23-16-10-8-15(9-11-16)21-18(14-6-7-14)17(13-22)19-20-21/h8-11,13-14H,2-7,12H2,1H3. The molecule has 23 heavy (non-hydrogen) atoms. The Morgan fingerprint density at radius 3 is 2.65 bits per heavy atom. The van der Waals surface area contributed by atoms with E-state index in [-0.39, 0.29) is 0 Å². The SMILES string of the molecule is CCCCCCOc1ccc(-n2nnc(C=O)c2C2CC2)cc1. The van der Waals surface area contributed by atoms with Gasteiger partial charge in [0.15, 0.2) is 6.29 Å². The molecule has 1 heterocycles. The zero-order valence-electron chi connectivity index (χ0n) is 13.6. The van der Waals surface area contributed by atoms with Crippen molar-refractivity contribution in [2.45, 2.75) is 51.4 Å². The minimum absolute atomic E-state index is 0.416. The highest BCUT2D eigenvalue weighted by Gasteiger charge is 2.31. The predicted molar refractivity (Wildman–Crippen MR) is 88.4 cm³/mol. The maximum atomic E-state index is 11.1. The van der Waals surface area contributed by atoms with Gasteiger partial charge in [-0.2, -0.15) is 0 Å². The van der Waals surface area contributed by atoms with E-state index in [4.69, 9.17) is 4.74 Å². The van der Waals surface area contributed by atoms with Crippen LogP contribution in [0.4, 0.5) is 0 Å². The lowest BCUT2D eigenvalue weighted by atomic mass is 10.2. The molecule has 0 aliphatic heterocycles. The molecule has 122 valence electrons. The molecule has 3 rings (SSSR count). The Hall–Kier alpha value is -2.17. The lowest BCUT2D eigenvalue weighted by Gasteiger charge is -2.09. The van der Waals surface area contributed by atoms with Crippen LogP contribution < -0.4 is 4.74 Å². The lowest BCUT2D eigenvalue weighted by molar-refractivity contribution is 0.111. The third-order valence-corrected chi connectivity index (χ3v) is 4.16. The van der Waals surface area contributed by atoms with Gasteiger partial charge in [0.1, 0.15) is 11.4 Å². The van der Waals surface area contributed by atoms with E-state index in [0.717, 1.165) is 49.3 Å². The molecule has 1 aliphatic rings. The summed E-state index contributed by atoms with van der Waals surface area (Å²) >= 11 is 0. The van der Waals surface area contributed by atoms with Crippen LogP contribution in [0.5, 0.6) is 5.75 Å². The fraction of sp³-hybridized carbons (Fsp3) is 0.500. The van der Waals surface area contributed by atoms with Crippen molar-refractivity contribution in [1.82, 2.24) is 15.0 Å². The summed E-state index contributed by atoms with van der Waals surface area (Å²) in [6, 6.07) is 7.84. The van der Waals surface area contributed by atoms with Gasteiger partial charge >= 0.3 is 0 Å². The van der Waals surface area contributed by atoms with Gasteiger partial charge in [-0.1, -0.05) is 31.4 Å². The van der Waals surface area contributed by atoms with Crippen LogP contribution in [0.1, 0.15) is 67.5 Å². The molecule has 1 saturated carbocycles. The Morgan fingerprint density at radius 2 is 2.00 bits per heavy atom. The van der Waals surface area contributed by atoms with Crippen molar-refractivity contribution in [3.8, 4) is 11.4 Å². The molecule has 5 nitrogen and oxygen atoms in total. The van der Waals surface area contributed by atoms with Crippen molar-refractivity contribution in [2.75, 3.05) is 6.61 Å². The Labute approximate surface area is 136 Å². The van der Waals surface area contributed by atoms with Crippen molar-refractivity contribution >= 4 is 6.29 Å². The summed E-state index contributed by atoms with van der Waals surface area (Å²) in [6.07, 6.45) is 7.81. The third-order valence-electron chi connectivity index (χ3n) is 4.16. The molecule has 0 atom stereocenters. The summed E-state index contributed by atoms with van der Waals surface area (Å²) in [5.74, 6) is 1.29. The van der Waals surface area contributed by atoms with Crippen LogP contribution in [-0.4, -0.2) is 27.9 Å². The molecule has 0 unspecified atom stereocenters. The molecule has 1 fully saturated rings. The van der Waals surface area contributed by atoms with Crippen LogP contribution in [0.2, 0.25) is 0 Å². The minimum atomic E-state index is 0.416. The van der Waals surface area contributed by atoms with Crippen LogP contribution in [0.3, 0.4) is 0 Å². The van der Waals surface area contributed by atoms with E-state index in [9.17, 15) is 4.79 Å². The van der Waals surface area contributed by atoms with Crippen molar-refractivity contribution in [3.63, 3.8) is 0 Å². The van der Waals surface area contributed by atoms with Crippen LogP contribution in [0, 0.1) is 0 Å². The molecule has 1 aliphatic carbocycles. The first kappa shape index (κ1) is 15.7. The monoisotopic (exact) mass is 313 g/mol. The van der Waals surface area contributed by atoms with Crippen molar-refractivity contribution in [3.05, 3.63) is 35.7 Å². The molecule has 0 bridgehead atoms. The van der Waals surface area contributed by atoms with Gasteiger partial charge in [-0.3, -0.25) is 4.79 Å². The first-order valence-corrected chi connectivity index (χ1v) is 8.47. The van der Waals surface area contributed by atoms with E-state index in [0.29, 0.717) is 11.6 Å². The first-order chi connectivity index (χ1) is 11.3. The van der Waals surface area contributed by atoms with Crippen LogP contribution in [0.15, 0.2) is 24.3 Å². The summed E-state index contributed by atoms with van der Waals surface area (Å²) in [5.41, 5.74) is 2.32. The van der Waals surface area contributed by atoms with Gasteiger partial charge in [-0.15, -0.1) is 5.10 Å². The number of carbonyl (C=O) groups excluding carboxylic acids is 1. The van der Waals surface area contributed by atoms with Crippen molar-refractivity contribution in [2.24, 2.45) is 0 Å². The highest BCUT2D eigenvalue weighted by atomic mass is 16.5. The Balaban J connectivity index is 1.65. The number of hydrogen-bond acceptors (Lipinski definition) is 4. The molecular formula is C18H23N3O2. The van der Waals surface area contributed by atoms with Crippen LogP contribution >= 0.6 is 0 Å². The van der Waals surface area contributed by atoms with Crippen LogP contribution in [-0.2, 0) is 0 Å². The highest BCUT2D eigenvalue weighted by molar-refractivity contribution is 5.74. The molecule has 0 spiro atoms. The normalized spacial score (nSPS) is 14.0. The Morgan fingerprint density at radius 1 is 1.22 bits per heavy atom. The largest absolute Gasteiger partial charge is 0.494 e. The smallest absolute Gasteiger partial charge is 0.172 e. The minimum Gasteiger partial charge on any atom is -0.494 e. The zero-order valence-corrected chi connectivity index (χ0v) is 13.6. The van der Waals surface area contributed by atoms with Gasteiger partial charge in [0.25, 0.3) is 0 Å². The molecule has 1 aromatic heterocycles. The van der Waals surface area contributed by atoms with Gasteiger partial charge in [0.05, 0.1) is 18.0 Å². The van der Waals surface area contributed by atoms with Gasteiger partial charge in [-0.05, 0) is 43.5 Å². The van der Waals surface area contributed by atoms with E-state index in [2.05, 4.69) is 17.2 Å². The number of benzene rings is 1. The van der Waals surface area contributed by atoms with Gasteiger partial charge in [0.2, 0.25) is 0 Å². The zero-order chi connectivity index (χ0) is 16.1. The molecule has 0 N–H and O–H groups in total. The van der Waals surface area contributed by atoms with E-state index in [1.807, 2.05) is 24.3 Å². The molecule has 0 radical (unpaired) electrons. The summed E-state index contributed by atoms with van der Waals surface area (Å²) < 4.78 is 7.54. The van der Waals surface area contributed by atoms with E-state index in [1.54, 1.807) is 4.68 Å². The second-order valence-electron chi connectivity index (χ2n) is 6.07. The number of aldehydes is 1. The third kappa shape index (κ3) is 3.78. The number of unbranched alkanes of at least 4 members (excludes halogenated alkanes) is 3. The lowest BCUT2D eigenvalue weighted by Crippen LogP contribution is -2.03. The Bertz CT molecular complexity index is 645. The second-order valence-corrected chi connectivity index (χ2v) is 6.07. The molecular weight excluding hydrogens is 290 g/mol. The van der Waals surface area contributed by atoms with Crippen molar-refractivity contribution in [1.29, 1.82) is 0 Å².